The Balaban J connectivity index is 2.18. The van der Waals surface area contributed by atoms with Crippen LogP contribution in [0, 0.1) is 6.92 Å². The van der Waals surface area contributed by atoms with Crippen molar-refractivity contribution in [2.24, 2.45) is 0 Å². The van der Waals surface area contributed by atoms with Gasteiger partial charge >= 0.3 is 0 Å². The van der Waals surface area contributed by atoms with Crippen LogP contribution in [0.2, 0.25) is 0 Å². The van der Waals surface area contributed by atoms with E-state index in [0.29, 0.717) is 0 Å². The van der Waals surface area contributed by atoms with Crippen LogP contribution in [0.3, 0.4) is 0 Å². The molecule has 0 aliphatic heterocycles. The summed E-state index contributed by atoms with van der Waals surface area (Å²) in [6.07, 6.45) is 6.79. The lowest BCUT2D eigenvalue weighted by atomic mass is 10.1. The topological polar surface area (TPSA) is 29.9 Å². The minimum absolute atomic E-state index is 0.926. The van der Waals surface area contributed by atoms with Crippen molar-refractivity contribution in [3.63, 3.8) is 0 Å². The zero-order valence-corrected chi connectivity index (χ0v) is 10.5. The Bertz CT molecular complexity index is 460. The van der Waals surface area contributed by atoms with Gasteiger partial charge in [0.05, 0.1) is 6.33 Å². The largest absolute Gasteiger partial charge is 0.313 e. The van der Waals surface area contributed by atoms with E-state index in [2.05, 4.69) is 46.9 Å². The molecule has 1 aromatic heterocycles. The molecule has 0 amide bonds. The summed E-state index contributed by atoms with van der Waals surface area (Å²) in [5, 5.41) is 3.42. The zero-order chi connectivity index (χ0) is 12.1. The van der Waals surface area contributed by atoms with Gasteiger partial charge in [-0.1, -0.05) is 19.1 Å². The Morgan fingerprint density at radius 2 is 2.24 bits per heavy atom. The molecular weight excluding hydrogens is 210 g/mol. The normalized spacial score (nSPS) is 10.7. The van der Waals surface area contributed by atoms with Crippen molar-refractivity contribution < 1.29 is 0 Å². The number of nitrogens with zero attached hydrogens (tertiary/aromatic N) is 2. The molecule has 2 aromatic rings. The Labute approximate surface area is 103 Å². The second kappa shape index (κ2) is 5.64. The third-order valence-electron chi connectivity index (χ3n) is 2.81. The van der Waals surface area contributed by atoms with E-state index in [1.54, 1.807) is 6.20 Å². The summed E-state index contributed by atoms with van der Waals surface area (Å²) in [7, 11) is 0. The molecule has 0 fully saturated rings. The Kier molecular flexibility index (Phi) is 3.94. The van der Waals surface area contributed by atoms with Crippen LogP contribution in [0.15, 0.2) is 36.9 Å². The van der Waals surface area contributed by atoms with Crippen molar-refractivity contribution in [2.75, 3.05) is 6.54 Å². The molecule has 3 heteroatoms. The van der Waals surface area contributed by atoms with Crippen molar-refractivity contribution >= 4 is 0 Å². The predicted molar refractivity (Wildman–Crippen MR) is 70.3 cm³/mol. The van der Waals surface area contributed by atoms with E-state index in [1.165, 1.54) is 23.2 Å². The maximum absolute atomic E-state index is 4.09. The molecule has 0 aliphatic rings. The standard InChI is InChI=1S/C14H19N3/c1-3-6-15-10-13-5-4-12(2)14(9-13)17-8-7-16-11-17/h4-5,7-9,11,15H,3,6,10H2,1-2H3. The van der Waals surface area contributed by atoms with Gasteiger partial charge in [0.1, 0.15) is 0 Å². The molecule has 0 saturated heterocycles. The van der Waals surface area contributed by atoms with Gasteiger partial charge in [-0.15, -0.1) is 0 Å². The minimum Gasteiger partial charge on any atom is -0.313 e. The number of benzene rings is 1. The molecule has 0 bridgehead atoms. The molecule has 0 saturated carbocycles. The van der Waals surface area contributed by atoms with E-state index in [9.17, 15) is 0 Å². The Morgan fingerprint density at radius 3 is 2.94 bits per heavy atom. The second-order valence-corrected chi connectivity index (χ2v) is 4.27. The molecule has 17 heavy (non-hydrogen) atoms. The first-order chi connectivity index (χ1) is 8.31. The Hall–Kier alpha value is -1.61. The molecule has 0 spiro atoms. The summed E-state index contributed by atoms with van der Waals surface area (Å²) in [6, 6.07) is 6.57. The molecule has 1 aromatic carbocycles. The van der Waals surface area contributed by atoms with Crippen LogP contribution in [-0.2, 0) is 6.54 Å². The fourth-order valence-electron chi connectivity index (χ4n) is 1.85. The van der Waals surface area contributed by atoms with Gasteiger partial charge in [0.2, 0.25) is 0 Å². The maximum atomic E-state index is 4.09. The average molecular weight is 229 g/mol. The lowest BCUT2D eigenvalue weighted by Gasteiger charge is -2.10. The molecule has 1 heterocycles. The Morgan fingerprint density at radius 1 is 1.35 bits per heavy atom. The van der Waals surface area contributed by atoms with Gasteiger partial charge in [-0.25, -0.2) is 4.98 Å². The van der Waals surface area contributed by atoms with Gasteiger partial charge in [0.15, 0.2) is 0 Å². The van der Waals surface area contributed by atoms with E-state index in [-0.39, 0.29) is 0 Å². The molecule has 1 N–H and O–H groups in total. The molecule has 90 valence electrons. The highest BCUT2D eigenvalue weighted by Gasteiger charge is 2.02. The molecule has 3 nitrogen and oxygen atoms in total. The van der Waals surface area contributed by atoms with Gasteiger partial charge in [-0.05, 0) is 37.1 Å². The lowest BCUT2D eigenvalue weighted by molar-refractivity contribution is 0.675. The SMILES string of the molecule is CCCNCc1ccc(C)c(-n2ccnc2)c1. The number of aryl methyl sites for hydroxylation is 1. The van der Waals surface area contributed by atoms with Gasteiger partial charge in [-0.3, -0.25) is 0 Å². The summed E-state index contributed by atoms with van der Waals surface area (Å²) in [6.45, 7) is 6.29. The number of imidazole rings is 1. The first kappa shape index (κ1) is 11.9. The molecular formula is C14H19N3. The lowest BCUT2D eigenvalue weighted by Crippen LogP contribution is -2.14. The van der Waals surface area contributed by atoms with E-state index < -0.39 is 0 Å². The van der Waals surface area contributed by atoms with Crippen LogP contribution in [0.5, 0.6) is 0 Å². The van der Waals surface area contributed by atoms with Crippen LogP contribution >= 0.6 is 0 Å². The van der Waals surface area contributed by atoms with Crippen LogP contribution in [0.1, 0.15) is 24.5 Å². The highest BCUT2D eigenvalue weighted by atomic mass is 15.0. The number of hydrogen-bond acceptors (Lipinski definition) is 2. The van der Waals surface area contributed by atoms with Crippen LogP contribution in [0.25, 0.3) is 5.69 Å². The van der Waals surface area contributed by atoms with E-state index in [4.69, 9.17) is 0 Å². The van der Waals surface area contributed by atoms with Crippen LogP contribution in [-0.4, -0.2) is 16.1 Å². The number of nitrogens with one attached hydrogen (secondary N) is 1. The van der Waals surface area contributed by atoms with Gasteiger partial charge in [0.25, 0.3) is 0 Å². The monoisotopic (exact) mass is 229 g/mol. The highest BCUT2D eigenvalue weighted by Crippen LogP contribution is 2.15. The first-order valence-corrected chi connectivity index (χ1v) is 6.10. The maximum Gasteiger partial charge on any atom is 0.0991 e. The fourth-order valence-corrected chi connectivity index (χ4v) is 1.85. The van der Waals surface area contributed by atoms with Gasteiger partial charge < -0.3 is 9.88 Å². The van der Waals surface area contributed by atoms with Crippen molar-refractivity contribution in [3.8, 4) is 5.69 Å². The minimum atomic E-state index is 0.926. The second-order valence-electron chi connectivity index (χ2n) is 4.27. The average Bonchev–Trinajstić information content (AvgIpc) is 2.85. The molecule has 2 rings (SSSR count). The van der Waals surface area contributed by atoms with E-state index in [1.807, 2.05) is 12.5 Å². The molecule has 0 radical (unpaired) electrons. The van der Waals surface area contributed by atoms with Crippen molar-refractivity contribution in [1.82, 2.24) is 14.9 Å². The van der Waals surface area contributed by atoms with Crippen molar-refractivity contribution in [3.05, 3.63) is 48.0 Å². The summed E-state index contributed by atoms with van der Waals surface area (Å²) < 4.78 is 2.05. The predicted octanol–water partition coefficient (Wildman–Crippen LogP) is 2.68. The number of hydrogen-bond donors (Lipinski definition) is 1. The molecule has 0 unspecified atom stereocenters. The fraction of sp³-hybridized carbons (Fsp3) is 0.357. The molecule has 0 aliphatic carbocycles. The summed E-state index contributed by atoms with van der Waals surface area (Å²) in [5.41, 5.74) is 3.79. The first-order valence-electron chi connectivity index (χ1n) is 6.10. The van der Waals surface area contributed by atoms with Crippen molar-refractivity contribution in [2.45, 2.75) is 26.8 Å². The quantitative estimate of drug-likeness (QED) is 0.799. The van der Waals surface area contributed by atoms with Crippen LogP contribution in [0.4, 0.5) is 0 Å². The molecule has 0 atom stereocenters. The highest BCUT2D eigenvalue weighted by molar-refractivity contribution is 5.43. The smallest absolute Gasteiger partial charge is 0.0991 e. The van der Waals surface area contributed by atoms with Crippen LogP contribution < -0.4 is 5.32 Å². The van der Waals surface area contributed by atoms with Gasteiger partial charge in [0, 0.05) is 24.6 Å². The summed E-state index contributed by atoms with van der Waals surface area (Å²) in [5.74, 6) is 0. The number of aromatic nitrogens is 2. The van der Waals surface area contributed by atoms with Crippen molar-refractivity contribution in [1.29, 1.82) is 0 Å². The number of rotatable bonds is 5. The zero-order valence-electron chi connectivity index (χ0n) is 10.5. The summed E-state index contributed by atoms with van der Waals surface area (Å²) >= 11 is 0. The third kappa shape index (κ3) is 2.94. The van der Waals surface area contributed by atoms with Gasteiger partial charge in [-0.2, -0.15) is 0 Å². The third-order valence-corrected chi connectivity index (χ3v) is 2.81. The summed E-state index contributed by atoms with van der Waals surface area (Å²) in [4.78, 5) is 4.09. The van der Waals surface area contributed by atoms with E-state index >= 15 is 0 Å². The van der Waals surface area contributed by atoms with E-state index in [0.717, 1.165) is 13.1 Å².